The number of carbonyl (C=O) groups excluding carboxylic acids is 1. The lowest BCUT2D eigenvalue weighted by atomic mass is 10.00. The number of rotatable bonds is 5. The summed E-state index contributed by atoms with van der Waals surface area (Å²) in [5.41, 5.74) is -1.31. The van der Waals surface area contributed by atoms with Gasteiger partial charge >= 0.3 is 6.09 Å². The Morgan fingerprint density at radius 2 is 1.77 bits per heavy atom. The number of ether oxygens (including phenoxy) is 1. The van der Waals surface area contributed by atoms with Crippen LogP contribution in [0, 0.1) is 0 Å². The predicted molar refractivity (Wildman–Crippen MR) is 132 cm³/mol. The molecule has 2 aromatic carbocycles. The third-order valence-electron chi connectivity index (χ3n) is 6.07. The van der Waals surface area contributed by atoms with E-state index in [0.717, 1.165) is 10.8 Å². The van der Waals surface area contributed by atoms with Crippen molar-refractivity contribution in [2.45, 2.75) is 56.3 Å². The van der Waals surface area contributed by atoms with E-state index in [1.807, 2.05) is 32.9 Å². The van der Waals surface area contributed by atoms with Crippen LogP contribution in [0.3, 0.4) is 0 Å². The largest absolute Gasteiger partial charge is 0.444 e. The van der Waals surface area contributed by atoms with Gasteiger partial charge in [-0.1, -0.05) is 23.7 Å². The van der Waals surface area contributed by atoms with Gasteiger partial charge in [0.25, 0.3) is 0 Å². The molecule has 9 nitrogen and oxygen atoms in total. The fourth-order valence-corrected chi connectivity index (χ4v) is 5.88. The van der Waals surface area contributed by atoms with Crippen molar-refractivity contribution in [1.29, 1.82) is 0 Å². The van der Waals surface area contributed by atoms with Crippen LogP contribution in [-0.4, -0.2) is 73.5 Å². The van der Waals surface area contributed by atoms with Gasteiger partial charge in [-0.3, -0.25) is 0 Å². The fraction of sp³-hybridized carbons (Fsp3) is 0.542. The summed E-state index contributed by atoms with van der Waals surface area (Å²) < 4.78 is 31.5. The van der Waals surface area contributed by atoms with Gasteiger partial charge in [0.2, 0.25) is 0 Å². The molecule has 0 N–H and O–H groups in total. The second kappa shape index (κ2) is 9.84. The number of halogens is 1. The summed E-state index contributed by atoms with van der Waals surface area (Å²) in [5.74, 6) is -0.0320. The zero-order valence-electron chi connectivity index (χ0n) is 20.5. The summed E-state index contributed by atoms with van der Waals surface area (Å²) >= 11 is 6.03. The van der Waals surface area contributed by atoms with Gasteiger partial charge in [0, 0.05) is 44.5 Å². The van der Waals surface area contributed by atoms with Crippen molar-refractivity contribution in [2.75, 3.05) is 32.4 Å². The number of likely N-dealkylation sites (tertiary alicyclic amines) is 1. The zero-order chi connectivity index (χ0) is 25.4. The molecular weight excluding hydrogens is 494 g/mol. The van der Waals surface area contributed by atoms with Gasteiger partial charge in [-0.25, -0.2) is 18.0 Å². The van der Waals surface area contributed by atoms with Crippen LogP contribution in [0.5, 0.6) is 0 Å². The summed E-state index contributed by atoms with van der Waals surface area (Å²) in [6.45, 7) is 6.76. The highest BCUT2D eigenvalue weighted by Crippen LogP contribution is 2.37. The Bertz CT molecular complexity index is 1190. The van der Waals surface area contributed by atoms with Crippen molar-refractivity contribution < 1.29 is 27.7 Å². The molecule has 192 valence electrons. The number of amides is 1. The van der Waals surface area contributed by atoms with Crippen LogP contribution in [0.4, 0.5) is 4.79 Å². The molecule has 2 saturated heterocycles. The molecule has 1 amide bonds. The van der Waals surface area contributed by atoms with E-state index in [-0.39, 0.29) is 16.7 Å². The molecular formula is C24H32ClN3O6S. The summed E-state index contributed by atoms with van der Waals surface area (Å²) in [6, 6.07) is 10.4. The zero-order valence-corrected chi connectivity index (χ0v) is 22.1. The topological polar surface area (TPSA) is 88.6 Å². The number of nitrogens with zero attached hydrogens (tertiary/aromatic N) is 3. The monoisotopic (exact) mass is 525 g/mol. The van der Waals surface area contributed by atoms with Crippen molar-refractivity contribution in [2.24, 2.45) is 0 Å². The fourth-order valence-electron chi connectivity index (χ4n) is 4.37. The first kappa shape index (κ1) is 26.1. The van der Waals surface area contributed by atoms with E-state index >= 15 is 0 Å². The van der Waals surface area contributed by atoms with Crippen molar-refractivity contribution in [3.05, 3.63) is 41.4 Å². The van der Waals surface area contributed by atoms with Crippen LogP contribution in [0.15, 0.2) is 41.3 Å². The van der Waals surface area contributed by atoms with Gasteiger partial charge in [-0.05, 0) is 67.5 Å². The first-order chi connectivity index (χ1) is 16.4. The summed E-state index contributed by atoms with van der Waals surface area (Å²) in [5, 5.41) is 5.30. The maximum absolute atomic E-state index is 13.0. The highest BCUT2D eigenvalue weighted by molar-refractivity contribution is 7.91. The van der Waals surface area contributed by atoms with Crippen LogP contribution in [0.2, 0.25) is 5.02 Å². The Morgan fingerprint density at radius 3 is 2.46 bits per heavy atom. The molecule has 2 aliphatic heterocycles. The van der Waals surface area contributed by atoms with E-state index in [9.17, 15) is 13.2 Å². The highest BCUT2D eigenvalue weighted by Gasteiger charge is 2.50. The highest BCUT2D eigenvalue weighted by atomic mass is 35.5. The Morgan fingerprint density at radius 1 is 1.11 bits per heavy atom. The number of hydroxylamine groups is 4. The maximum Gasteiger partial charge on any atom is 0.410 e. The average Bonchev–Trinajstić information content (AvgIpc) is 3.06. The second-order valence-electron chi connectivity index (χ2n) is 9.95. The molecule has 2 aliphatic rings. The van der Waals surface area contributed by atoms with E-state index in [2.05, 4.69) is 0 Å². The molecule has 0 aliphatic carbocycles. The SMILES string of the molecule is CN1ON(CCCS(=O)(=O)c2ccc3cc(Cl)ccc3c2)C2(CCN(C(=O)OC(C)(C)C)CC2)O1. The van der Waals surface area contributed by atoms with Gasteiger partial charge in [0.1, 0.15) is 5.60 Å². The Balaban J connectivity index is 1.36. The van der Waals surface area contributed by atoms with Gasteiger partial charge < -0.3 is 9.64 Å². The molecule has 1 spiro atoms. The first-order valence-electron chi connectivity index (χ1n) is 11.7. The van der Waals surface area contributed by atoms with Gasteiger partial charge in [-0.2, -0.15) is 4.94 Å². The number of sulfone groups is 1. The first-order valence-corrected chi connectivity index (χ1v) is 13.7. The van der Waals surface area contributed by atoms with Crippen molar-refractivity contribution >= 4 is 38.3 Å². The number of carbonyl (C=O) groups is 1. The van der Waals surface area contributed by atoms with Crippen molar-refractivity contribution in [1.82, 2.24) is 15.2 Å². The Labute approximate surface area is 211 Å². The number of benzene rings is 2. The summed E-state index contributed by atoms with van der Waals surface area (Å²) in [6.07, 6.45) is 1.03. The summed E-state index contributed by atoms with van der Waals surface area (Å²) in [4.78, 5) is 26.0. The Hall–Kier alpha value is -1.95. The minimum Gasteiger partial charge on any atom is -0.444 e. The molecule has 0 radical (unpaired) electrons. The number of hydrogen-bond acceptors (Lipinski definition) is 8. The number of hydrogen-bond donors (Lipinski definition) is 0. The molecule has 0 aromatic heterocycles. The molecule has 0 bridgehead atoms. The van der Waals surface area contributed by atoms with E-state index in [1.165, 1.54) is 5.23 Å². The molecule has 35 heavy (non-hydrogen) atoms. The van der Waals surface area contributed by atoms with Crippen molar-refractivity contribution in [3.8, 4) is 0 Å². The molecule has 2 heterocycles. The van der Waals surface area contributed by atoms with Gasteiger partial charge in [-0.15, -0.1) is 5.06 Å². The molecule has 4 rings (SSSR count). The maximum atomic E-state index is 13.0. The van der Waals surface area contributed by atoms with E-state index < -0.39 is 21.2 Å². The van der Waals surface area contributed by atoms with Gasteiger partial charge in [0.15, 0.2) is 15.6 Å². The predicted octanol–water partition coefficient (Wildman–Crippen LogP) is 4.41. The van der Waals surface area contributed by atoms with Crippen molar-refractivity contribution in [3.63, 3.8) is 0 Å². The van der Waals surface area contributed by atoms with E-state index in [1.54, 1.807) is 41.3 Å². The van der Waals surface area contributed by atoms with Crippen LogP contribution < -0.4 is 0 Å². The van der Waals surface area contributed by atoms with Crippen LogP contribution in [0.25, 0.3) is 10.8 Å². The van der Waals surface area contributed by atoms with E-state index in [0.29, 0.717) is 43.9 Å². The third-order valence-corrected chi connectivity index (χ3v) is 8.10. The number of fused-ring (bicyclic) bond motifs is 1. The number of piperidine rings is 1. The van der Waals surface area contributed by atoms with Gasteiger partial charge in [0.05, 0.1) is 10.6 Å². The summed E-state index contributed by atoms with van der Waals surface area (Å²) in [7, 11) is -1.83. The van der Waals surface area contributed by atoms with Crippen LogP contribution in [0.1, 0.15) is 40.0 Å². The van der Waals surface area contributed by atoms with E-state index in [4.69, 9.17) is 26.1 Å². The average molecular weight is 526 g/mol. The molecule has 2 aromatic rings. The minimum absolute atomic E-state index is 0.0320. The standard InChI is InChI=1S/C24H32ClN3O6S/c1-23(2,3)32-22(29)27-13-10-24(11-14-27)28(34-26(4)33-24)12-5-15-35(30,31)21-9-7-18-16-20(25)8-6-19(18)17-21/h6-9,16-17H,5,10-15H2,1-4H3. The van der Waals surface area contributed by atoms with Crippen LogP contribution in [-0.2, 0) is 24.4 Å². The quantitative estimate of drug-likeness (QED) is 0.567. The normalized spacial score (nSPS) is 19.5. The lowest BCUT2D eigenvalue weighted by Gasteiger charge is -2.40. The van der Waals surface area contributed by atoms with Crippen LogP contribution >= 0.6 is 11.6 Å². The Kier molecular flexibility index (Phi) is 7.34. The molecule has 2 fully saturated rings. The molecule has 0 saturated carbocycles. The second-order valence-corrected chi connectivity index (χ2v) is 12.5. The lowest BCUT2D eigenvalue weighted by molar-refractivity contribution is -0.339. The smallest absolute Gasteiger partial charge is 0.410 e. The molecule has 0 unspecified atom stereocenters. The minimum atomic E-state index is -3.49. The molecule has 11 heteroatoms. The third kappa shape index (κ3) is 6.07. The molecule has 0 atom stereocenters. The lowest BCUT2D eigenvalue weighted by Crippen LogP contribution is -2.54.